The molecule has 0 saturated carbocycles. The van der Waals surface area contributed by atoms with Crippen LogP contribution in [-0.4, -0.2) is 24.0 Å². The summed E-state index contributed by atoms with van der Waals surface area (Å²) in [4.78, 5) is 13.4. The van der Waals surface area contributed by atoms with E-state index in [2.05, 4.69) is 12.2 Å². The molecule has 1 fully saturated rings. The maximum Gasteiger partial charge on any atom is 0.321 e. The molecular weight excluding hydrogens is 247 g/mol. The van der Waals surface area contributed by atoms with Crippen LogP contribution in [-0.2, 0) is 0 Å². The Balaban J connectivity index is 1.98. The van der Waals surface area contributed by atoms with Crippen LogP contribution in [0.3, 0.4) is 0 Å². The van der Waals surface area contributed by atoms with E-state index in [4.69, 9.17) is 23.2 Å². The highest BCUT2D eigenvalue weighted by molar-refractivity contribution is 6.42. The zero-order chi connectivity index (χ0) is 11.7. The van der Waals surface area contributed by atoms with Crippen LogP contribution in [0.25, 0.3) is 0 Å². The van der Waals surface area contributed by atoms with E-state index in [1.165, 1.54) is 0 Å². The van der Waals surface area contributed by atoms with Gasteiger partial charge in [0, 0.05) is 18.8 Å². The van der Waals surface area contributed by atoms with Crippen LogP contribution in [0.15, 0.2) is 18.2 Å². The number of benzene rings is 1. The third-order valence-corrected chi connectivity index (χ3v) is 3.26. The number of likely N-dealkylation sites (tertiary alicyclic amines) is 1. The molecule has 0 aromatic heterocycles. The molecule has 5 heteroatoms. The molecule has 1 saturated heterocycles. The third-order valence-electron chi connectivity index (χ3n) is 2.52. The van der Waals surface area contributed by atoms with Gasteiger partial charge in [-0.2, -0.15) is 0 Å². The molecule has 2 amide bonds. The van der Waals surface area contributed by atoms with Crippen molar-refractivity contribution in [3.8, 4) is 0 Å². The first-order valence-electron chi connectivity index (χ1n) is 5.07. The number of carbonyl (C=O) groups excluding carboxylic acids is 1. The molecule has 1 aliphatic heterocycles. The number of urea groups is 1. The van der Waals surface area contributed by atoms with Crippen LogP contribution < -0.4 is 5.32 Å². The molecule has 0 bridgehead atoms. The standard InChI is InChI=1S/C11H12Cl2N2O/c1-7-5-15(6-7)11(16)14-8-2-3-9(12)10(13)4-8/h2-4,7H,5-6H2,1H3,(H,14,16). The molecule has 1 aromatic rings. The second-order valence-electron chi connectivity index (χ2n) is 4.07. The summed E-state index contributed by atoms with van der Waals surface area (Å²) in [6.07, 6.45) is 0. The summed E-state index contributed by atoms with van der Waals surface area (Å²) in [7, 11) is 0. The summed E-state index contributed by atoms with van der Waals surface area (Å²) in [6, 6.07) is 4.95. The summed E-state index contributed by atoms with van der Waals surface area (Å²) in [6.45, 7) is 3.74. The number of nitrogens with one attached hydrogen (secondary N) is 1. The summed E-state index contributed by atoms with van der Waals surface area (Å²) in [5.41, 5.74) is 0.666. The Bertz CT molecular complexity index is 416. The fourth-order valence-corrected chi connectivity index (χ4v) is 1.94. The maximum atomic E-state index is 11.7. The van der Waals surface area contributed by atoms with Crippen molar-refractivity contribution in [2.24, 2.45) is 5.92 Å². The van der Waals surface area contributed by atoms with Crippen LogP contribution in [0.5, 0.6) is 0 Å². The quantitative estimate of drug-likeness (QED) is 0.822. The molecule has 2 rings (SSSR count). The van der Waals surface area contributed by atoms with Gasteiger partial charge >= 0.3 is 6.03 Å². The molecular formula is C11H12Cl2N2O. The minimum atomic E-state index is -0.0866. The highest BCUT2D eigenvalue weighted by Gasteiger charge is 2.26. The van der Waals surface area contributed by atoms with Crippen molar-refractivity contribution < 1.29 is 4.79 Å². The van der Waals surface area contributed by atoms with Gasteiger partial charge in [0.25, 0.3) is 0 Å². The van der Waals surface area contributed by atoms with Gasteiger partial charge in [-0.25, -0.2) is 4.79 Å². The second kappa shape index (κ2) is 4.52. The van der Waals surface area contributed by atoms with Crippen molar-refractivity contribution in [3.05, 3.63) is 28.2 Å². The predicted molar refractivity (Wildman–Crippen MR) is 66.2 cm³/mol. The fraction of sp³-hybridized carbons (Fsp3) is 0.364. The van der Waals surface area contributed by atoms with Gasteiger partial charge in [0.05, 0.1) is 10.0 Å². The first-order chi connectivity index (χ1) is 7.56. The van der Waals surface area contributed by atoms with E-state index in [1.807, 2.05) is 0 Å². The highest BCUT2D eigenvalue weighted by Crippen LogP contribution is 2.25. The minimum absolute atomic E-state index is 0.0866. The average molecular weight is 259 g/mol. The molecule has 3 nitrogen and oxygen atoms in total. The van der Waals surface area contributed by atoms with E-state index in [9.17, 15) is 4.79 Å². The van der Waals surface area contributed by atoms with E-state index < -0.39 is 0 Å². The van der Waals surface area contributed by atoms with Crippen molar-refractivity contribution in [1.82, 2.24) is 4.90 Å². The summed E-state index contributed by atoms with van der Waals surface area (Å²) < 4.78 is 0. The molecule has 0 radical (unpaired) electrons. The first kappa shape index (κ1) is 11.6. The lowest BCUT2D eigenvalue weighted by atomic mass is 10.0. The zero-order valence-electron chi connectivity index (χ0n) is 8.84. The fourth-order valence-electron chi connectivity index (χ4n) is 1.64. The van der Waals surface area contributed by atoms with E-state index in [0.717, 1.165) is 13.1 Å². The SMILES string of the molecule is CC1CN(C(=O)Nc2ccc(Cl)c(Cl)c2)C1. The summed E-state index contributed by atoms with van der Waals surface area (Å²) in [5.74, 6) is 0.597. The van der Waals surface area contributed by atoms with Crippen LogP contribution in [0.2, 0.25) is 10.0 Å². The lowest BCUT2D eigenvalue weighted by Gasteiger charge is -2.36. The monoisotopic (exact) mass is 258 g/mol. The molecule has 0 spiro atoms. The Kier molecular flexibility index (Phi) is 3.26. The smallest absolute Gasteiger partial charge is 0.321 e. The van der Waals surface area contributed by atoms with E-state index in [1.54, 1.807) is 23.1 Å². The Labute approximate surface area is 104 Å². The predicted octanol–water partition coefficient (Wildman–Crippen LogP) is 3.48. The Morgan fingerprint density at radius 3 is 2.62 bits per heavy atom. The maximum absolute atomic E-state index is 11.7. The highest BCUT2D eigenvalue weighted by atomic mass is 35.5. The number of amides is 2. The van der Waals surface area contributed by atoms with Gasteiger partial charge in [0.2, 0.25) is 0 Å². The number of rotatable bonds is 1. The normalized spacial score (nSPS) is 15.8. The van der Waals surface area contributed by atoms with Crippen molar-refractivity contribution in [2.75, 3.05) is 18.4 Å². The Morgan fingerprint density at radius 1 is 1.38 bits per heavy atom. The van der Waals surface area contributed by atoms with Gasteiger partial charge in [-0.05, 0) is 24.1 Å². The van der Waals surface area contributed by atoms with Crippen molar-refractivity contribution in [1.29, 1.82) is 0 Å². The topological polar surface area (TPSA) is 32.3 Å². The summed E-state index contributed by atoms with van der Waals surface area (Å²) >= 11 is 11.6. The minimum Gasteiger partial charge on any atom is -0.324 e. The number of carbonyl (C=O) groups is 1. The summed E-state index contributed by atoms with van der Waals surface area (Å²) in [5, 5.41) is 3.70. The van der Waals surface area contributed by atoms with E-state index >= 15 is 0 Å². The molecule has 0 unspecified atom stereocenters. The van der Waals surface area contributed by atoms with E-state index in [-0.39, 0.29) is 6.03 Å². The van der Waals surface area contributed by atoms with Gasteiger partial charge < -0.3 is 10.2 Å². The number of nitrogens with zero attached hydrogens (tertiary/aromatic N) is 1. The van der Waals surface area contributed by atoms with Gasteiger partial charge in [0.1, 0.15) is 0 Å². The Morgan fingerprint density at radius 2 is 2.06 bits per heavy atom. The van der Waals surface area contributed by atoms with Crippen molar-refractivity contribution in [3.63, 3.8) is 0 Å². The molecule has 1 aliphatic rings. The number of halogens is 2. The number of hydrogen-bond donors (Lipinski definition) is 1. The molecule has 0 aliphatic carbocycles. The average Bonchev–Trinajstić information content (AvgIpc) is 2.19. The molecule has 86 valence electrons. The molecule has 16 heavy (non-hydrogen) atoms. The molecule has 0 atom stereocenters. The zero-order valence-corrected chi connectivity index (χ0v) is 10.3. The van der Waals surface area contributed by atoms with Gasteiger partial charge in [-0.15, -0.1) is 0 Å². The number of anilines is 1. The van der Waals surface area contributed by atoms with Crippen molar-refractivity contribution in [2.45, 2.75) is 6.92 Å². The molecule has 1 aromatic carbocycles. The lowest BCUT2D eigenvalue weighted by Crippen LogP contribution is -2.50. The number of hydrogen-bond acceptors (Lipinski definition) is 1. The third kappa shape index (κ3) is 2.42. The lowest BCUT2D eigenvalue weighted by molar-refractivity contribution is 0.141. The van der Waals surface area contributed by atoms with Crippen LogP contribution >= 0.6 is 23.2 Å². The Hall–Kier alpha value is -0.930. The van der Waals surface area contributed by atoms with Crippen LogP contribution in [0, 0.1) is 5.92 Å². The largest absolute Gasteiger partial charge is 0.324 e. The van der Waals surface area contributed by atoms with Crippen LogP contribution in [0.4, 0.5) is 10.5 Å². The van der Waals surface area contributed by atoms with E-state index in [0.29, 0.717) is 21.7 Å². The van der Waals surface area contributed by atoms with Crippen molar-refractivity contribution >= 4 is 34.9 Å². The van der Waals surface area contributed by atoms with Gasteiger partial charge in [0.15, 0.2) is 0 Å². The molecule has 1 N–H and O–H groups in total. The first-order valence-corrected chi connectivity index (χ1v) is 5.83. The second-order valence-corrected chi connectivity index (χ2v) is 4.88. The van der Waals surface area contributed by atoms with Crippen LogP contribution in [0.1, 0.15) is 6.92 Å². The van der Waals surface area contributed by atoms with Gasteiger partial charge in [-0.3, -0.25) is 0 Å². The molecule has 1 heterocycles. The van der Waals surface area contributed by atoms with Gasteiger partial charge in [-0.1, -0.05) is 30.1 Å².